The van der Waals surface area contributed by atoms with Crippen LogP contribution < -0.4 is 21.0 Å². The number of halogens is 7. The SMILES string of the molecule is CC(C)(C)OC(=O)N(C(=O)OC(C)(C)C)c1ncc(B2OC(C)(C)C(C)(C)O2)c2ccc(-c3cccc(F)c3)nc12.CC(C)(C)OC(=O)N(C(=O)OC(C)(C)C)c1ncc(I)c2ccc(-c3cccc(F)c3)nc12.CC1(C)OB(B2OC(C)(C)C(C)(C)O2)OC1(C)C.FPP.Nc1nccc2ccc(-c3cccc(F)c3)nc12.[2H][Pd]([Cl])[Cl]. The van der Waals surface area contributed by atoms with Crippen molar-refractivity contribution in [3.05, 3.63) is 155 Å². The van der Waals surface area contributed by atoms with Crippen molar-refractivity contribution in [1.29, 1.82) is 0.783 Å². The molecule has 6 aromatic heterocycles. The third-order valence-corrected chi connectivity index (χ3v) is 19.3. The third kappa shape index (κ3) is 25.1. The summed E-state index contributed by atoms with van der Waals surface area (Å²) < 4.78 is 117. The van der Waals surface area contributed by atoms with E-state index in [1.54, 1.807) is 144 Å². The molecule has 23 nitrogen and oxygen atoms in total. The number of hydrogen-bond donors (Lipinski definition) is 1. The van der Waals surface area contributed by atoms with Crippen molar-refractivity contribution in [3.63, 3.8) is 0 Å². The van der Waals surface area contributed by atoms with Crippen molar-refractivity contribution in [2.24, 2.45) is 0 Å². The first-order valence-corrected chi connectivity index (χ1v) is 44.3. The molecule has 627 valence electrons. The number of anilines is 3. The Kier molecular flexibility index (Phi) is 31.2. The number of imide groups is 2. The van der Waals surface area contributed by atoms with E-state index in [9.17, 15) is 36.5 Å². The van der Waals surface area contributed by atoms with E-state index in [2.05, 4.69) is 47.5 Å². The van der Waals surface area contributed by atoms with Gasteiger partial charge < -0.3 is 52.6 Å². The number of nitrogens with two attached hydrogens (primary N) is 1. The molecular formula is C80H100B3Cl2F4IN9O14P2Pd. The molecule has 3 aliphatic rings. The Morgan fingerprint density at radius 3 is 1.13 bits per heavy atom. The third-order valence-electron chi connectivity index (χ3n) is 18.4. The predicted octanol–water partition coefficient (Wildman–Crippen LogP) is 20.8. The number of nitrogen functional groups attached to an aromatic ring is 1. The van der Waals surface area contributed by atoms with Gasteiger partial charge in [-0.1, -0.05) is 57.5 Å². The summed E-state index contributed by atoms with van der Waals surface area (Å²) in [6.45, 7) is 44.2. The monoisotopic (exact) mass is 1890 g/mol. The van der Waals surface area contributed by atoms with Crippen LogP contribution >= 0.6 is 59.2 Å². The molecule has 9 aromatic rings. The zero-order valence-electron chi connectivity index (χ0n) is 70.3. The summed E-state index contributed by atoms with van der Waals surface area (Å²) in [5.41, 5.74) is 4.47. The van der Waals surface area contributed by atoms with Crippen LogP contribution in [0.3, 0.4) is 0 Å². The predicted molar refractivity (Wildman–Crippen MR) is 462 cm³/mol. The minimum absolute atomic E-state index is 0.0350. The first kappa shape index (κ1) is 94.6. The number of carbonyl (C=O) groups is 4. The fourth-order valence-electron chi connectivity index (χ4n) is 10.9. The summed E-state index contributed by atoms with van der Waals surface area (Å²) in [6, 6.07) is 30.9. The second-order valence-electron chi connectivity index (χ2n) is 33.7. The molecule has 3 fully saturated rings. The molecule has 0 radical (unpaired) electrons. The van der Waals surface area contributed by atoms with Crippen molar-refractivity contribution >= 4 is 160 Å². The zero-order valence-corrected chi connectivity index (χ0v) is 76.7. The summed E-state index contributed by atoms with van der Waals surface area (Å²) in [6.07, 6.45) is 0.814. The van der Waals surface area contributed by atoms with E-state index in [1.807, 2.05) is 116 Å². The molecular weight excluding hydrogens is 1790 g/mol. The number of aromatic nitrogens is 6. The van der Waals surface area contributed by atoms with E-state index >= 15 is 0 Å². The van der Waals surface area contributed by atoms with Crippen LogP contribution in [-0.4, -0.2) is 132 Å². The first-order chi connectivity index (χ1) is 53.8. The van der Waals surface area contributed by atoms with E-state index < -0.39 is 115 Å². The van der Waals surface area contributed by atoms with Crippen molar-refractivity contribution in [2.45, 2.75) is 222 Å². The Bertz CT molecular complexity index is 4940. The Morgan fingerprint density at radius 1 is 0.491 bits per heavy atom. The second-order valence-corrected chi connectivity index (χ2v) is 38.1. The molecule has 4 amide bonds. The van der Waals surface area contributed by atoms with E-state index in [-0.39, 0.29) is 50.9 Å². The number of rotatable bonds is 7. The molecule has 2 N–H and O–H groups in total. The number of nitrogens with zero attached hydrogens (tertiary/aromatic N) is 8. The van der Waals surface area contributed by atoms with Gasteiger partial charge >= 0.3 is 81.1 Å². The summed E-state index contributed by atoms with van der Waals surface area (Å²) >= 11 is 0.307. The Balaban J connectivity index is 0.000000220. The van der Waals surface area contributed by atoms with Crippen LogP contribution in [0.25, 0.3) is 66.5 Å². The molecule has 36 heteroatoms. The van der Waals surface area contributed by atoms with Crippen molar-refractivity contribution < 1.29 is 99.2 Å². The van der Waals surface area contributed by atoms with Gasteiger partial charge in [-0.3, -0.25) is 0 Å². The number of pyridine rings is 6. The molecule has 2 atom stereocenters. The van der Waals surface area contributed by atoms with E-state index in [0.717, 1.165) is 24.3 Å². The van der Waals surface area contributed by atoms with E-state index in [1.165, 1.54) is 48.8 Å². The molecule has 3 saturated heterocycles. The molecule has 3 aliphatic heterocycles. The van der Waals surface area contributed by atoms with Gasteiger partial charge in [-0.25, -0.2) is 66.5 Å². The topological polar surface area (TPSA) is 270 Å². The van der Waals surface area contributed by atoms with Crippen LogP contribution in [-0.2, 0) is 62.6 Å². The minimum atomic E-state index is -1.79. The van der Waals surface area contributed by atoms with E-state index in [4.69, 9.17) is 77.4 Å². The van der Waals surface area contributed by atoms with Crippen LogP contribution in [0.4, 0.5) is 54.0 Å². The van der Waals surface area contributed by atoms with Crippen molar-refractivity contribution in [3.8, 4) is 33.8 Å². The fraction of sp³-hybridized carbons (Fsp3) is 0.425. The van der Waals surface area contributed by atoms with Crippen LogP contribution in [0, 0.1) is 21.0 Å². The quantitative estimate of drug-likeness (QED) is 0.0510. The van der Waals surface area contributed by atoms with Gasteiger partial charge in [0.05, 0.1) is 59.3 Å². The number of benzene rings is 3. The summed E-state index contributed by atoms with van der Waals surface area (Å²) in [7, 11) is 9.33. The number of carbonyl (C=O) groups excluding carboxylic acids is 4. The maximum absolute atomic E-state index is 14.1. The van der Waals surface area contributed by atoms with Gasteiger partial charge in [-0.15, -0.1) is 0 Å². The Labute approximate surface area is 711 Å². The van der Waals surface area contributed by atoms with Gasteiger partial charge in [0.25, 0.3) is 0 Å². The number of amides is 4. The molecule has 2 unspecified atom stereocenters. The van der Waals surface area contributed by atoms with Gasteiger partial charge in [-0.05, 0) is 255 Å². The molecule has 3 aromatic carbocycles. The zero-order chi connectivity index (χ0) is 87.9. The first-order valence-electron chi connectivity index (χ1n) is 36.8. The molecule has 0 bridgehead atoms. The van der Waals surface area contributed by atoms with E-state index in [0.29, 0.717) is 55.8 Å². The molecule has 12 rings (SSSR count). The normalized spacial score (nSPS) is 16.5. The standard InChI is InChI=1S/C30H37BFN3O6.C24H25FIN3O4.C14H10FN3.C12H24B2O4.2ClH.FH3P2.Pd.H/c1-27(2,3)38-25(36)35(26(37)39-28(4,5)6)24-23-20(14-15-22(34-23)18-12-11-13-19(32)16-18)21(17-33-24)31-40-29(7,8)30(9,10)41-31;1-23(2,3)32-21(30)29(22(31)33-24(4,5)6)20-19-16(17(26)13-27-20)10-11-18(28-19)14-8-7-9-15(25)12-14;15-11-3-1-2-10(8-11)12-5-4-9-6-7-17-14(16)13(9)18-12;1-9(2)10(3,4)16-13(15-9)14-17-11(5,6)12(7,8)18-14;;;1-3-2;;/h11-17H,1-10H3;7-13H,1-6H3;1-8H,(H2,16,17);1-8H3;2*1H;3H,2H2;;/q;;;;;;;+2;/p-2/i;;;;;;;;1+1. The number of fused-ring (bicyclic) bond motifs is 3. The molecule has 116 heavy (non-hydrogen) atoms. The van der Waals surface area contributed by atoms with Gasteiger partial charge in [0, 0.05) is 60.5 Å². The molecule has 0 spiro atoms. The van der Waals surface area contributed by atoms with Crippen LogP contribution in [0.2, 0.25) is 0 Å². The summed E-state index contributed by atoms with van der Waals surface area (Å²) in [5, 5.41) is 2.10. The average Bonchev–Trinajstić information content (AvgIpc) is 1.72. The maximum atomic E-state index is 14.1. The molecule has 9 heterocycles. The number of ether oxygens (including phenoxy) is 4. The van der Waals surface area contributed by atoms with Gasteiger partial charge in [0.15, 0.2) is 11.6 Å². The summed E-state index contributed by atoms with van der Waals surface area (Å²) in [5.74, 6) is -0.883. The van der Waals surface area contributed by atoms with Gasteiger partial charge in [0.1, 0.15) is 62.2 Å². The van der Waals surface area contributed by atoms with Crippen LogP contribution in [0.1, 0.15) is 166 Å². The van der Waals surface area contributed by atoms with Gasteiger partial charge in [-0.2, -0.15) is 9.80 Å². The number of hydrogen-bond acceptors (Lipinski definition) is 21. The average molecular weight is 1890 g/mol. The summed E-state index contributed by atoms with van der Waals surface area (Å²) in [4.78, 5) is 81.3. The molecule has 0 aliphatic carbocycles. The molecule has 0 saturated carbocycles. The fourth-order valence-corrected chi connectivity index (χ4v) is 11.5. The Morgan fingerprint density at radius 2 is 0.793 bits per heavy atom. The second kappa shape index (κ2) is 38.2. The van der Waals surface area contributed by atoms with Crippen molar-refractivity contribution in [2.75, 3.05) is 15.5 Å². The Hall–Kier alpha value is -6.87. The van der Waals surface area contributed by atoms with Crippen molar-refractivity contribution in [1.82, 2.24) is 29.9 Å². The van der Waals surface area contributed by atoms with Crippen LogP contribution in [0.5, 0.6) is 0 Å². The van der Waals surface area contributed by atoms with Gasteiger partial charge in [0.2, 0.25) is 0 Å². The van der Waals surface area contributed by atoms with Crippen LogP contribution in [0.15, 0.2) is 134 Å².